The lowest BCUT2D eigenvalue weighted by Crippen LogP contribution is -2.29. The Morgan fingerprint density at radius 1 is 0.955 bits per heavy atom. The molecule has 0 aromatic heterocycles. The molecule has 0 spiro atoms. The first-order chi connectivity index (χ1) is 10.6. The van der Waals surface area contributed by atoms with E-state index in [1.165, 1.54) is 0 Å². The first-order valence-corrected chi connectivity index (χ1v) is 7.03. The number of ketones is 2. The van der Waals surface area contributed by atoms with Gasteiger partial charge in [0, 0.05) is 27.8 Å². The number of allylic oxidation sites excluding steroid dienone is 4. The molecule has 4 nitrogen and oxygen atoms in total. The van der Waals surface area contributed by atoms with Crippen molar-refractivity contribution in [1.29, 1.82) is 0 Å². The molecular weight excluding hydrogens is 280 g/mol. The summed E-state index contributed by atoms with van der Waals surface area (Å²) in [6.07, 6.45) is 5.75. The van der Waals surface area contributed by atoms with Crippen molar-refractivity contribution in [1.82, 2.24) is 0 Å². The SMILES string of the molecule is O=C1C(=O)c2c(c(O)c3ccccc3c2O)C2CC=CC=C12. The summed E-state index contributed by atoms with van der Waals surface area (Å²) < 4.78 is 0. The lowest BCUT2D eigenvalue weighted by atomic mass is 9.72. The molecule has 108 valence electrons. The Morgan fingerprint density at radius 2 is 1.64 bits per heavy atom. The number of carbonyl (C=O) groups excluding carboxylic acids is 2. The van der Waals surface area contributed by atoms with Gasteiger partial charge < -0.3 is 10.2 Å². The zero-order valence-corrected chi connectivity index (χ0v) is 11.5. The van der Waals surface area contributed by atoms with Gasteiger partial charge in [0.05, 0.1) is 5.56 Å². The van der Waals surface area contributed by atoms with Crippen LogP contribution in [0.25, 0.3) is 10.8 Å². The van der Waals surface area contributed by atoms with Gasteiger partial charge in [-0.05, 0) is 6.42 Å². The maximum Gasteiger partial charge on any atom is 0.237 e. The summed E-state index contributed by atoms with van der Waals surface area (Å²) in [4.78, 5) is 24.7. The molecule has 2 aromatic rings. The topological polar surface area (TPSA) is 74.6 Å². The molecule has 2 N–H and O–H groups in total. The molecule has 1 atom stereocenters. The molecular formula is C18H12O4. The number of phenols is 2. The van der Waals surface area contributed by atoms with Crippen LogP contribution in [0.4, 0.5) is 0 Å². The minimum atomic E-state index is -0.758. The van der Waals surface area contributed by atoms with Gasteiger partial charge in [-0.1, -0.05) is 42.5 Å². The Labute approximate surface area is 126 Å². The van der Waals surface area contributed by atoms with Gasteiger partial charge in [-0.25, -0.2) is 0 Å². The smallest absolute Gasteiger partial charge is 0.237 e. The van der Waals surface area contributed by atoms with Gasteiger partial charge in [-0.3, -0.25) is 9.59 Å². The highest BCUT2D eigenvalue weighted by atomic mass is 16.3. The Hall–Kier alpha value is -2.88. The third-order valence-corrected chi connectivity index (χ3v) is 4.40. The summed E-state index contributed by atoms with van der Waals surface area (Å²) >= 11 is 0. The Morgan fingerprint density at radius 3 is 2.36 bits per heavy atom. The molecule has 22 heavy (non-hydrogen) atoms. The van der Waals surface area contributed by atoms with Crippen molar-refractivity contribution in [3.63, 3.8) is 0 Å². The van der Waals surface area contributed by atoms with Crippen LogP contribution in [0.2, 0.25) is 0 Å². The first kappa shape index (κ1) is 12.8. The molecule has 0 aliphatic heterocycles. The van der Waals surface area contributed by atoms with Gasteiger partial charge in [0.25, 0.3) is 0 Å². The van der Waals surface area contributed by atoms with Crippen molar-refractivity contribution in [2.24, 2.45) is 0 Å². The molecule has 0 amide bonds. The predicted molar refractivity (Wildman–Crippen MR) is 81.2 cm³/mol. The number of rotatable bonds is 0. The van der Waals surface area contributed by atoms with E-state index >= 15 is 0 Å². The predicted octanol–water partition coefficient (Wildman–Crippen LogP) is 2.99. The second kappa shape index (κ2) is 4.31. The molecule has 1 unspecified atom stereocenters. The largest absolute Gasteiger partial charge is 0.507 e. The fourth-order valence-corrected chi connectivity index (χ4v) is 3.37. The third-order valence-electron chi connectivity index (χ3n) is 4.40. The average Bonchev–Trinajstić information content (AvgIpc) is 2.56. The van der Waals surface area contributed by atoms with Gasteiger partial charge in [0.1, 0.15) is 11.5 Å². The van der Waals surface area contributed by atoms with Crippen LogP contribution in [0.15, 0.2) is 48.1 Å². The van der Waals surface area contributed by atoms with E-state index in [0.29, 0.717) is 28.3 Å². The van der Waals surface area contributed by atoms with Crippen LogP contribution in [-0.2, 0) is 4.79 Å². The highest BCUT2D eigenvalue weighted by molar-refractivity contribution is 6.52. The molecule has 0 radical (unpaired) electrons. The number of phenolic OH excluding ortho intramolecular Hbond substituents is 2. The Kier molecular flexibility index (Phi) is 2.51. The van der Waals surface area contributed by atoms with Crippen LogP contribution < -0.4 is 0 Å². The van der Waals surface area contributed by atoms with Crippen molar-refractivity contribution in [3.05, 3.63) is 59.2 Å². The van der Waals surface area contributed by atoms with E-state index < -0.39 is 11.6 Å². The lowest BCUT2D eigenvalue weighted by Gasteiger charge is -2.29. The van der Waals surface area contributed by atoms with Crippen molar-refractivity contribution >= 4 is 22.3 Å². The summed E-state index contributed by atoms with van der Waals surface area (Å²) in [7, 11) is 0. The molecule has 4 heteroatoms. The molecule has 0 saturated carbocycles. The van der Waals surface area contributed by atoms with Crippen LogP contribution in [0, 0.1) is 0 Å². The van der Waals surface area contributed by atoms with Crippen molar-refractivity contribution < 1.29 is 19.8 Å². The zero-order valence-electron chi connectivity index (χ0n) is 11.5. The maximum absolute atomic E-state index is 12.4. The summed E-state index contributed by atoms with van der Waals surface area (Å²) in [6.45, 7) is 0. The van der Waals surface area contributed by atoms with Crippen LogP contribution in [0.1, 0.15) is 28.3 Å². The highest BCUT2D eigenvalue weighted by Crippen LogP contribution is 2.49. The highest BCUT2D eigenvalue weighted by Gasteiger charge is 2.41. The van der Waals surface area contributed by atoms with Crippen LogP contribution in [0.5, 0.6) is 11.5 Å². The van der Waals surface area contributed by atoms with E-state index in [9.17, 15) is 19.8 Å². The molecule has 2 aliphatic rings. The fourth-order valence-electron chi connectivity index (χ4n) is 3.37. The van der Waals surface area contributed by atoms with Gasteiger partial charge >= 0.3 is 0 Å². The number of carbonyl (C=O) groups is 2. The quantitative estimate of drug-likeness (QED) is 0.578. The number of aromatic hydroxyl groups is 2. The van der Waals surface area contributed by atoms with Gasteiger partial charge in [0.2, 0.25) is 11.6 Å². The first-order valence-electron chi connectivity index (χ1n) is 7.03. The monoisotopic (exact) mass is 292 g/mol. The normalized spacial score (nSPS) is 19.8. The molecule has 2 aliphatic carbocycles. The number of Topliss-reactive ketones (excluding diaryl/α,β-unsaturated/α-hetero) is 2. The standard InChI is InChI=1S/C18H12O4/c19-15-11-7-3-4-8-12(11)16(20)14-13(15)9-5-1-2-6-10(9)17(21)18(14)22/h1-4,6-9,19-20H,5H2. The molecule has 0 heterocycles. The van der Waals surface area contributed by atoms with E-state index in [-0.39, 0.29) is 23.0 Å². The summed E-state index contributed by atoms with van der Waals surface area (Å²) in [5.74, 6) is -2.01. The molecule has 4 rings (SSSR count). The number of hydrogen-bond donors (Lipinski definition) is 2. The molecule has 0 bridgehead atoms. The second-order valence-corrected chi connectivity index (χ2v) is 5.53. The van der Waals surface area contributed by atoms with E-state index in [1.54, 1.807) is 36.4 Å². The van der Waals surface area contributed by atoms with E-state index in [1.807, 2.05) is 6.08 Å². The number of fused-ring (bicyclic) bond motifs is 4. The van der Waals surface area contributed by atoms with E-state index in [0.717, 1.165) is 0 Å². The zero-order chi connectivity index (χ0) is 15.4. The van der Waals surface area contributed by atoms with E-state index in [2.05, 4.69) is 0 Å². The van der Waals surface area contributed by atoms with Gasteiger partial charge in [-0.2, -0.15) is 0 Å². The maximum atomic E-state index is 12.4. The molecule has 2 aromatic carbocycles. The van der Waals surface area contributed by atoms with Gasteiger partial charge in [0.15, 0.2) is 0 Å². The second-order valence-electron chi connectivity index (χ2n) is 5.53. The lowest BCUT2D eigenvalue weighted by molar-refractivity contribution is -0.112. The van der Waals surface area contributed by atoms with E-state index in [4.69, 9.17) is 0 Å². The summed E-state index contributed by atoms with van der Waals surface area (Å²) in [5, 5.41) is 22.0. The van der Waals surface area contributed by atoms with Crippen molar-refractivity contribution in [2.75, 3.05) is 0 Å². The Bertz CT molecular complexity index is 918. The number of benzene rings is 2. The molecule has 0 saturated heterocycles. The Balaban J connectivity index is 2.17. The van der Waals surface area contributed by atoms with Crippen LogP contribution >= 0.6 is 0 Å². The van der Waals surface area contributed by atoms with Gasteiger partial charge in [-0.15, -0.1) is 0 Å². The molecule has 0 fully saturated rings. The number of hydrogen-bond acceptors (Lipinski definition) is 4. The fraction of sp³-hybridized carbons (Fsp3) is 0.111. The average molecular weight is 292 g/mol. The van der Waals surface area contributed by atoms with Crippen molar-refractivity contribution in [2.45, 2.75) is 12.3 Å². The third kappa shape index (κ3) is 1.46. The minimum absolute atomic E-state index is 0.0320. The minimum Gasteiger partial charge on any atom is -0.507 e. The van der Waals surface area contributed by atoms with Crippen LogP contribution in [-0.4, -0.2) is 21.8 Å². The summed E-state index contributed by atoms with van der Waals surface area (Å²) in [6, 6.07) is 6.76. The summed E-state index contributed by atoms with van der Waals surface area (Å²) in [5.41, 5.74) is 0.681. The van der Waals surface area contributed by atoms with Crippen molar-refractivity contribution in [3.8, 4) is 11.5 Å². The van der Waals surface area contributed by atoms with Crippen LogP contribution in [0.3, 0.4) is 0 Å².